The van der Waals surface area contributed by atoms with Crippen LogP contribution in [0.15, 0.2) is 10.3 Å². The first-order valence-corrected chi connectivity index (χ1v) is 8.02. The summed E-state index contributed by atoms with van der Waals surface area (Å²) in [7, 11) is -2.60. The third kappa shape index (κ3) is 3.45. The summed E-state index contributed by atoms with van der Waals surface area (Å²) in [5.74, 6) is -0.479. The molecule has 0 radical (unpaired) electrons. The number of hydrogen-bond acceptors (Lipinski definition) is 6. The zero-order valence-corrected chi connectivity index (χ0v) is 13.0. The molecule has 0 bridgehead atoms. The summed E-state index contributed by atoms with van der Waals surface area (Å²) in [4.78, 5) is 21.2. The smallest absolute Gasteiger partial charge is 0.300 e. The Labute approximate surface area is 124 Å². The van der Waals surface area contributed by atoms with Crippen molar-refractivity contribution in [3.8, 4) is 0 Å². The summed E-state index contributed by atoms with van der Waals surface area (Å²) in [6, 6.07) is 0.898. The van der Waals surface area contributed by atoms with Crippen LogP contribution in [-0.2, 0) is 14.8 Å². The average molecular weight is 342 g/mol. The second-order valence-corrected chi connectivity index (χ2v) is 7.40. The highest BCUT2D eigenvalue weighted by Crippen LogP contribution is 2.37. The standard InChI is InChI=1S/C9H12ClN3O5S2/c1-3-12(5-7(14)11-2)20(17,18)8-4-6(13(15)16)9(10)19-8/h4H,3,5H2,1-2H3,(H,11,14). The summed E-state index contributed by atoms with van der Waals surface area (Å²) >= 11 is 6.23. The number of nitrogens with zero attached hydrogens (tertiary/aromatic N) is 2. The van der Waals surface area contributed by atoms with Crippen molar-refractivity contribution in [2.75, 3.05) is 20.1 Å². The highest BCUT2D eigenvalue weighted by atomic mass is 35.5. The van der Waals surface area contributed by atoms with Gasteiger partial charge in [0.1, 0.15) is 4.21 Å². The van der Waals surface area contributed by atoms with Crippen molar-refractivity contribution in [1.82, 2.24) is 9.62 Å². The number of carbonyl (C=O) groups excluding carboxylic acids is 1. The van der Waals surface area contributed by atoms with Crippen LogP contribution < -0.4 is 5.32 Å². The molecule has 1 aromatic rings. The van der Waals surface area contributed by atoms with Crippen LogP contribution >= 0.6 is 22.9 Å². The second-order valence-electron chi connectivity index (χ2n) is 3.59. The molecule has 1 heterocycles. The molecule has 0 aromatic carbocycles. The van der Waals surface area contributed by atoms with Crippen molar-refractivity contribution in [2.45, 2.75) is 11.1 Å². The molecule has 0 aliphatic rings. The molecular formula is C9H12ClN3O5S2. The van der Waals surface area contributed by atoms with Gasteiger partial charge in [0.05, 0.1) is 11.5 Å². The normalized spacial score (nSPS) is 11.6. The maximum Gasteiger partial charge on any atom is 0.300 e. The van der Waals surface area contributed by atoms with Gasteiger partial charge >= 0.3 is 0 Å². The largest absolute Gasteiger partial charge is 0.358 e. The van der Waals surface area contributed by atoms with Gasteiger partial charge in [-0.3, -0.25) is 14.9 Å². The molecule has 0 spiro atoms. The predicted molar refractivity (Wildman–Crippen MR) is 74.5 cm³/mol. The van der Waals surface area contributed by atoms with E-state index in [2.05, 4.69) is 5.32 Å². The van der Waals surface area contributed by atoms with Crippen molar-refractivity contribution in [1.29, 1.82) is 0 Å². The molecule has 1 aromatic heterocycles. The molecule has 1 N–H and O–H groups in total. The van der Waals surface area contributed by atoms with E-state index in [1.165, 1.54) is 7.05 Å². The predicted octanol–water partition coefficient (Wildman–Crippen LogP) is 1.07. The Kier molecular flexibility index (Phi) is 5.45. The van der Waals surface area contributed by atoms with E-state index in [1.54, 1.807) is 6.92 Å². The molecule has 0 fully saturated rings. The van der Waals surface area contributed by atoms with E-state index in [-0.39, 0.29) is 21.6 Å². The van der Waals surface area contributed by atoms with Gasteiger partial charge in [-0.05, 0) is 0 Å². The van der Waals surface area contributed by atoms with Crippen LogP contribution in [0.1, 0.15) is 6.92 Å². The van der Waals surface area contributed by atoms with Gasteiger partial charge in [0, 0.05) is 19.7 Å². The van der Waals surface area contributed by atoms with Crippen LogP contribution in [0.4, 0.5) is 5.69 Å². The first-order valence-electron chi connectivity index (χ1n) is 5.38. The number of halogens is 1. The molecule has 8 nitrogen and oxygen atoms in total. The molecule has 1 rings (SSSR count). The number of hydrogen-bond donors (Lipinski definition) is 1. The van der Waals surface area contributed by atoms with Crippen molar-refractivity contribution >= 4 is 44.6 Å². The maximum absolute atomic E-state index is 12.3. The summed E-state index contributed by atoms with van der Waals surface area (Å²) in [5.41, 5.74) is -0.466. The van der Waals surface area contributed by atoms with E-state index in [0.29, 0.717) is 11.3 Å². The topological polar surface area (TPSA) is 110 Å². The number of thiophene rings is 1. The lowest BCUT2D eigenvalue weighted by Gasteiger charge is -2.18. The molecule has 0 unspecified atom stereocenters. The molecule has 0 aliphatic carbocycles. The lowest BCUT2D eigenvalue weighted by atomic mass is 10.5. The minimum Gasteiger partial charge on any atom is -0.358 e. The summed E-state index contributed by atoms with van der Waals surface area (Å²) < 4.78 is 25.0. The van der Waals surface area contributed by atoms with Crippen LogP contribution in [0.3, 0.4) is 0 Å². The Balaban J connectivity index is 3.17. The Hall–Kier alpha value is -1.23. The minimum atomic E-state index is -3.99. The fraction of sp³-hybridized carbons (Fsp3) is 0.444. The van der Waals surface area contributed by atoms with Gasteiger partial charge in [0.2, 0.25) is 5.91 Å². The number of carbonyl (C=O) groups is 1. The minimum absolute atomic E-state index is 0.0546. The lowest BCUT2D eigenvalue weighted by molar-refractivity contribution is -0.384. The van der Waals surface area contributed by atoms with E-state index in [1.807, 2.05) is 0 Å². The van der Waals surface area contributed by atoms with Crippen molar-refractivity contribution in [2.24, 2.45) is 0 Å². The number of sulfonamides is 1. The summed E-state index contributed by atoms with van der Waals surface area (Å²) in [5, 5.41) is 13.0. The molecule has 0 saturated carbocycles. The third-order valence-electron chi connectivity index (χ3n) is 2.39. The Morgan fingerprint density at radius 1 is 1.60 bits per heavy atom. The number of nitrogens with one attached hydrogen (secondary N) is 1. The lowest BCUT2D eigenvalue weighted by Crippen LogP contribution is -2.39. The van der Waals surface area contributed by atoms with Gasteiger partial charge in [-0.15, -0.1) is 11.3 Å². The van der Waals surface area contributed by atoms with Gasteiger partial charge in [0.15, 0.2) is 4.34 Å². The number of amides is 1. The van der Waals surface area contributed by atoms with Crippen molar-refractivity contribution in [3.63, 3.8) is 0 Å². The maximum atomic E-state index is 12.3. The van der Waals surface area contributed by atoms with E-state index in [9.17, 15) is 23.3 Å². The molecule has 0 saturated heterocycles. The van der Waals surface area contributed by atoms with E-state index < -0.39 is 26.5 Å². The van der Waals surface area contributed by atoms with E-state index in [0.717, 1.165) is 10.4 Å². The fourth-order valence-electron chi connectivity index (χ4n) is 1.32. The third-order valence-corrected chi connectivity index (χ3v) is 6.10. The first-order chi connectivity index (χ1) is 9.23. The fourth-order valence-corrected chi connectivity index (χ4v) is 4.55. The molecule has 0 aliphatic heterocycles. The average Bonchev–Trinajstić information content (AvgIpc) is 2.78. The highest BCUT2D eigenvalue weighted by molar-refractivity contribution is 7.91. The van der Waals surface area contributed by atoms with Crippen LogP contribution in [0.2, 0.25) is 4.34 Å². The number of rotatable bonds is 6. The van der Waals surface area contributed by atoms with Gasteiger partial charge in [-0.25, -0.2) is 8.42 Å². The van der Waals surface area contributed by atoms with E-state index in [4.69, 9.17) is 11.6 Å². The van der Waals surface area contributed by atoms with Gasteiger partial charge in [-0.2, -0.15) is 4.31 Å². The Morgan fingerprint density at radius 2 is 2.20 bits per heavy atom. The number of nitro groups is 1. The summed E-state index contributed by atoms with van der Waals surface area (Å²) in [6.07, 6.45) is 0. The van der Waals surface area contributed by atoms with Crippen LogP contribution in [0.5, 0.6) is 0 Å². The zero-order valence-electron chi connectivity index (χ0n) is 10.6. The molecule has 0 atom stereocenters. The molecule has 1 amide bonds. The molecule has 112 valence electrons. The highest BCUT2D eigenvalue weighted by Gasteiger charge is 2.30. The van der Waals surface area contributed by atoms with E-state index >= 15 is 0 Å². The Morgan fingerprint density at radius 3 is 2.60 bits per heavy atom. The quantitative estimate of drug-likeness (QED) is 0.614. The Bertz CT molecular complexity index is 628. The monoisotopic (exact) mass is 341 g/mol. The van der Waals surface area contributed by atoms with Crippen molar-refractivity contribution < 1.29 is 18.1 Å². The van der Waals surface area contributed by atoms with Gasteiger partial charge in [-0.1, -0.05) is 18.5 Å². The molecular weight excluding hydrogens is 330 g/mol. The number of likely N-dealkylation sites (N-methyl/N-ethyl adjacent to an activating group) is 2. The van der Waals surface area contributed by atoms with Gasteiger partial charge < -0.3 is 5.32 Å². The second kappa shape index (κ2) is 6.48. The molecule has 20 heavy (non-hydrogen) atoms. The first kappa shape index (κ1) is 16.8. The van der Waals surface area contributed by atoms with Gasteiger partial charge in [0.25, 0.3) is 15.7 Å². The summed E-state index contributed by atoms with van der Waals surface area (Å²) in [6.45, 7) is 1.25. The van der Waals surface area contributed by atoms with Crippen LogP contribution in [0.25, 0.3) is 0 Å². The van der Waals surface area contributed by atoms with Crippen molar-refractivity contribution in [3.05, 3.63) is 20.5 Å². The zero-order chi connectivity index (χ0) is 15.5. The van der Waals surface area contributed by atoms with Crippen LogP contribution in [0, 0.1) is 10.1 Å². The van der Waals surface area contributed by atoms with Crippen LogP contribution in [-0.4, -0.2) is 43.7 Å². The SMILES string of the molecule is CCN(CC(=O)NC)S(=O)(=O)c1cc([N+](=O)[O-])c(Cl)s1. The molecule has 11 heteroatoms.